The van der Waals surface area contributed by atoms with E-state index in [1.807, 2.05) is 0 Å². The van der Waals surface area contributed by atoms with E-state index in [-0.39, 0.29) is 0 Å². The van der Waals surface area contributed by atoms with Crippen LogP contribution in [0.1, 0.15) is 0 Å². The Balaban J connectivity index is 3.77. The Bertz CT molecular complexity index is 138. The molecule has 0 aromatic rings. The second-order valence-corrected chi connectivity index (χ2v) is 8.91. The molecule has 40 valence electrons. The first kappa shape index (κ1) is 7.32. The van der Waals surface area contributed by atoms with Crippen LogP contribution in [0.5, 0.6) is 0 Å². The van der Waals surface area contributed by atoms with E-state index >= 15 is 0 Å². The molecular weight excluding hydrogens is 205 g/mol. The molecule has 0 aliphatic carbocycles. The molecule has 0 saturated heterocycles. The molecule has 0 aliphatic heterocycles. The van der Waals surface area contributed by atoms with Crippen molar-refractivity contribution in [2.75, 3.05) is 0 Å². The Morgan fingerprint density at radius 2 is 1.14 bits per heavy atom. The van der Waals surface area contributed by atoms with E-state index in [4.69, 9.17) is 0 Å². The predicted octanol–water partition coefficient (Wildman–Crippen LogP) is 0.866. The van der Waals surface area contributed by atoms with Gasteiger partial charge in [-0.2, -0.15) is 0 Å². The Morgan fingerprint density at radius 3 is 1.14 bits per heavy atom. The summed E-state index contributed by atoms with van der Waals surface area (Å²) in [5.41, 5.74) is 0. The van der Waals surface area contributed by atoms with Crippen molar-refractivity contribution in [2.24, 2.45) is 0 Å². The van der Waals surface area contributed by atoms with Crippen molar-refractivity contribution in [1.29, 1.82) is 0 Å². The van der Waals surface area contributed by atoms with E-state index in [1.165, 1.54) is 0 Å². The van der Waals surface area contributed by atoms with Gasteiger partial charge in [-0.25, -0.2) is 0 Å². The van der Waals surface area contributed by atoms with Gasteiger partial charge in [0.05, 0.1) is 0 Å². The second kappa shape index (κ2) is 3.34. The topological polar surface area (TPSA) is 68.3 Å². The zero-order valence-corrected chi connectivity index (χ0v) is 6.44. The minimum absolute atomic E-state index is 1.22. The molecule has 0 unspecified atom stereocenters. The van der Waals surface area contributed by atoms with Gasteiger partial charge in [-0.15, -0.1) is 0 Å². The first-order valence-electron chi connectivity index (χ1n) is 1.10. The van der Waals surface area contributed by atoms with E-state index < -0.39 is 26.8 Å². The van der Waals surface area contributed by atoms with Gasteiger partial charge in [-0.3, -0.25) is 0 Å². The molecule has 0 heterocycles. The molecule has 0 amide bonds. The average Bonchev–Trinajstić information content (AvgIpc) is 1.27. The fourth-order valence-electron chi connectivity index (χ4n) is 0.0544. The van der Waals surface area contributed by atoms with Crippen LogP contribution in [0.4, 0.5) is 0 Å². The van der Waals surface area contributed by atoms with Gasteiger partial charge in [-0.05, 0) is 0 Å². The molecule has 0 radical (unpaired) electrons. The maximum atomic E-state index is 9.49. The van der Waals surface area contributed by atoms with Crippen molar-refractivity contribution in [1.82, 2.24) is 0 Å². The summed E-state index contributed by atoms with van der Waals surface area (Å²) in [5.74, 6) is 0. The summed E-state index contributed by atoms with van der Waals surface area (Å²) in [7, 11) is 0. The van der Waals surface area contributed by atoms with Crippen LogP contribution in [0.15, 0.2) is 0 Å². The van der Waals surface area contributed by atoms with Gasteiger partial charge in [0.15, 0.2) is 0 Å². The zero-order valence-electron chi connectivity index (χ0n) is 2.94. The van der Waals surface area contributed by atoms with Gasteiger partial charge < -0.3 is 0 Å². The SMILES string of the molecule is O=P(=O)[Se]P(=O)=O. The molecule has 0 rings (SSSR count). The third-order valence-corrected chi connectivity index (χ3v) is 6.24. The van der Waals surface area contributed by atoms with Gasteiger partial charge in [0.25, 0.3) is 0 Å². The number of hydrogen-bond donors (Lipinski definition) is 0. The van der Waals surface area contributed by atoms with Crippen LogP contribution in [0.2, 0.25) is 0 Å². The van der Waals surface area contributed by atoms with E-state index in [0.717, 1.165) is 0 Å². The molecule has 0 aromatic heterocycles. The van der Waals surface area contributed by atoms with Crippen molar-refractivity contribution < 1.29 is 18.3 Å². The standard InChI is InChI=1S/O4P2Se/c1-5(2)7-6(3)4. The van der Waals surface area contributed by atoms with Crippen molar-refractivity contribution in [3.63, 3.8) is 0 Å². The molecule has 4 nitrogen and oxygen atoms in total. The van der Waals surface area contributed by atoms with E-state index in [1.54, 1.807) is 0 Å². The minimum atomic E-state index is -2.67. The second-order valence-electron chi connectivity index (χ2n) is 0.529. The molecule has 0 aromatic carbocycles. The summed E-state index contributed by atoms with van der Waals surface area (Å²) < 4.78 is 38.0. The van der Waals surface area contributed by atoms with Gasteiger partial charge in [0, 0.05) is 0 Å². The maximum absolute atomic E-state index is 9.49. The summed E-state index contributed by atoms with van der Waals surface area (Å²) in [6.45, 7) is 0. The fourth-order valence-corrected chi connectivity index (χ4v) is 2.55. The van der Waals surface area contributed by atoms with E-state index in [9.17, 15) is 18.3 Å². The van der Waals surface area contributed by atoms with Crippen LogP contribution in [0.3, 0.4) is 0 Å². The third kappa shape index (κ3) is 6.32. The Morgan fingerprint density at radius 1 is 0.857 bits per heavy atom. The van der Waals surface area contributed by atoms with Gasteiger partial charge >= 0.3 is 45.1 Å². The van der Waals surface area contributed by atoms with Gasteiger partial charge in [0.1, 0.15) is 0 Å². The van der Waals surface area contributed by atoms with Crippen molar-refractivity contribution in [2.45, 2.75) is 0 Å². The Hall–Kier alpha value is 0.319. The number of rotatable bonds is 2. The summed E-state index contributed by atoms with van der Waals surface area (Å²) in [4.78, 5) is 0. The van der Waals surface area contributed by atoms with Crippen molar-refractivity contribution in [3.8, 4) is 0 Å². The Kier molecular flexibility index (Phi) is 3.49. The Labute approximate surface area is 45.7 Å². The van der Waals surface area contributed by atoms with Gasteiger partial charge in [-0.1, -0.05) is 0 Å². The zero-order chi connectivity index (χ0) is 5.86. The van der Waals surface area contributed by atoms with Crippen molar-refractivity contribution in [3.05, 3.63) is 0 Å². The summed E-state index contributed by atoms with van der Waals surface area (Å²) in [6, 6.07) is 0. The monoisotopic (exact) mass is 206 g/mol. The molecule has 0 bridgehead atoms. The van der Waals surface area contributed by atoms with Crippen LogP contribution < -0.4 is 0 Å². The molecule has 0 atom stereocenters. The number of hydrogen-bond acceptors (Lipinski definition) is 4. The van der Waals surface area contributed by atoms with E-state index in [0.29, 0.717) is 0 Å². The molecule has 0 fully saturated rings. The first-order chi connectivity index (χ1) is 3.13. The van der Waals surface area contributed by atoms with Crippen LogP contribution in [0.25, 0.3) is 0 Å². The van der Waals surface area contributed by atoms with Gasteiger partial charge in [0.2, 0.25) is 0 Å². The molecule has 0 saturated carbocycles. The average molecular weight is 205 g/mol. The van der Waals surface area contributed by atoms with Crippen LogP contribution >= 0.6 is 12.7 Å². The molecular formula is O4P2Se. The van der Waals surface area contributed by atoms with Crippen LogP contribution in [0, 0.1) is 0 Å². The normalized spacial score (nSPS) is 8.00. The fraction of sp³-hybridized carbons (Fsp3) is 0. The quantitative estimate of drug-likeness (QED) is 0.495. The summed E-state index contributed by atoms with van der Waals surface area (Å²) in [6.07, 6.45) is -5.35. The predicted molar refractivity (Wildman–Crippen MR) is 22.3 cm³/mol. The first-order valence-corrected chi connectivity index (χ1v) is 7.88. The third-order valence-electron chi connectivity index (χ3n) is 0.133. The summed E-state index contributed by atoms with van der Waals surface area (Å²) >= 11 is -1.22. The molecule has 7 heteroatoms. The molecule has 7 heavy (non-hydrogen) atoms. The van der Waals surface area contributed by atoms with Crippen LogP contribution in [-0.4, -0.2) is 14.1 Å². The van der Waals surface area contributed by atoms with Crippen LogP contribution in [-0.2, 0) is 18.3 Å². The van der Waals surface area contributed by atoms with Crippen molar-refractivity contribution >= 4 is 26.8 Å². The molecule has 0 aliphatic rings. The molecule has 0 spiro atoms. The molecule has 0 N–H and O–H groups in total. The summed E-state index contributed by atoms with van der Waals surface area (Å²) in [5, 5.41) is 0. The van der Waals surface area contributed by atoms with E-state index in [2.05, 4.69) is 0 Å².